The van der Waals surface area contributed by atoms with Crippen molar-refractivity contribution in [1.82, 2.24) is 20.3 Å². The molecule has 136 valence electrons. The third-order valence-electron chi connectivity index (χ3n) is 4.12. The van der Waals surface area contributed by atoms with Crippen LogP contribution in [0.2, 0.25) is 5.02 Å². The summed E-state index contributed by atoms with van der Waals surface area (Å²) in [4.78, 5) is 9.10. The van der Waals surface area contributed by atoms with Crippen LogP contribution < -0.4 is 5.32 Å². The van der Waals surface area contributed by atoms with Crippen molar-refractivity contribution in [3.63, 3.8) is 0 Å². The maximum atomic E-state index is 5.94. The van der Waals surface area contributed by atoms with Crippen LogP contribution in [0.5, 0.6) is 0 Å². The Bertz CT molecular complexity index is 654. The molecule has 8 heteroatoms. The van der Waals surface area contributed by atoms with Gasteiger partial charge in [0.15, 0.2) is 5.96 Å². The smallest absolute Gasteiger partial charge is 0.194 e. The standard InChI is InChI=1S/C17H22ClN5O.HI/c1-19-17(20-12-16-6-11-24-21-16)23-9-7-22(8-10-23)13-14-2-4-15(18)5-3-14;/h2-6,11H,7-10,12-13H2,1H3,(H,19,20);1H. The summed E-state index contributed by atoms with van der Waals surface area (Å²) >= 11 is 5.94. The quantitative estimate of drug-likeness (QED) is 0.419. The molecule has 0 amide bonds. The summed E-state index contributed by atoms with van der Waals surface area (Å²) in [5, 5.41) is 8.02. The fourth-order valence-electron chi connectivity index (χ4n) is 2.80. The van der Waals surface area contributed by atoms with Crippen LogP contribution in [0.1, 0.15) is 11.3 Å². The number of hydrogen-bond acceptors (Lipinski definition) is 4. The number of halogens is 2. The van der Waals surface area contributed by atoms with Crippen molar-refractivity contribution in [2.75, 3.05) is 33.2 Å². The van der Waals surface area contributed by atoms with E-state index in [4.69, 9.17) is 16.1 Å². The van der Waals surface area contributed by atoms with Gasteiger partial charge in [0, 0.05) is 50.9 Å². The molecular formula is C17H23ClIN5O. The first-order chi connectivity index (χ1) is 11.7. The predicted molar refractivity (Wildman–Crippen MR) is 110 cm³/mol. The Labute approximate surface area is 170 Å². The number of aliphatic imine (C=N–C) groups is 1. The lowest BCUT2D eigenvalue weighted by Gasteiger charge is -2.36. The van der Waals surface area contributed by atoms with Crippen molar-refractivity contribution < 1.29 is 4.52 Å². The summed E-state index contributed by atoms with van der Waals surface area (Å²) in [7, 11) is 1.81. The van der Waals surface area contributed by atoms with E-state index in [2.05, 4.69) is 37.4 Å². The molecule has 1 saturated heterocycles. The first kappa shape index (κ1) is 20.0. The van der Waals surface area contributed by atoms with E-state index in [1.807, 2.05) is 25.2 Å². The second-order valence-corrected chi connectivity index (χ2v) is 6.22. The molecule has 1 fully saturated rings. The van der Waals surface area contributed by atoms with Crippen molar-refractivity contribution in [2.45, 2.75) is 13.1 Å². The van der Waals surface area contributed by atoms with E-state index in [0.29, 0.717) is 6.54 Å². The molecule has 6 nitrogen and oxygen atoms in total. The summed E-state index contributed by atoms with van der Waals surface area (Å²) in [6.07, 6.45) is 1.58. The van der Waals surface area contributed by atoms with Gasteiger partial charge in [-0.3, -0.25) is 9.89 Å². The van der Waals surface area contributed by atoms with Crippen molar-refractivity contribution >= 4 is 41.5 Å². The van der Waals surface area contributed by atoms with Gasteiger partial charge in [-0.25, -0.2) is 0 Å². The molecule has 0 aliphatic carbocycles. The van der Waals surface area contributed by atoms with E-state index in [0.717, 1.165) is 49.4 Å². The van der Waals surface area contributed by atoms with Gasteiger partial charge in [0.25, 0.3) is 0 Å². The minimum Gasteiger partial charge on any atom is -0.364 e. The Hall–Kier alpha value is -1.32. The number of hydrogen-bond donors (Lipinski definition) is 1. The third-order valence-corrected chi connectivity index (χ3v) is 4.37. The molecule has 3 rings (SSSR count). The Morgan fingerprint density at radius 1 is 1.20 bits per heavy atom. The SMILES string of the molecule is CN=C(NCc1ccon1)N1CCN(Cc2ccc(Cl)cc2)CC1.I. The number of nitrogens with zero attached hydrogens (tertiary/aromatic N) is 4. The molecule has 1 aliphatic rings. The lowest BCUT2D eigenvalue weighted by atomic mass is 10.2. The Kier molecular flexibility index (Phi) is 7.98. The molecule has 0 bridgehead atoms. The minimum atomic E-state index is 0. The number of piperazine rings is 1. The third kappa shape index (κ3) is 5.86. The summed E-state index contributed by atoms with van der Waals surface area (Å²) in [5.41, 5.74) is 2.17. The van der Waals surface area contributed by atoms with Gasteiger partial charge >= 0.3 is 0 Å². The van der Waals surface area contributed by atoms with Crippen LogP contribution in [0, 0.1) is 0 Å². The van der Waals surface area contributed by atoms with Crippen molar-refractivity contribution in [3.05, 3.63) is 52.9 Å². The van der Waals surface area contributed by atoms with E-state index < -0.39 is 0 Å². The van der Waals surface area contributed by atoms with Gasteiger partial charge in [0.1, 0.15) is 12.0 Å². The van der Waals surface area contributed by atoms with Crippen molar-refractivity contribution in [1.29, 1.82) is 0 Å². The fraction of sp³-hybridized carbons (Fsp3) is 0.412. The van der Waals surface area contributed by atoms with Crippen LogP contribution in [0.4, 0.5) is 0 Å². The summed E-state index contributed by atoms with van der Waals surface area (Å²) in [5.74, 6) is 0.907. The zero-order valence-corrected chi connectivity index (χ0v) is 17.3. The average Bonchev–Trinajstić information content (AvgIpc) is 3.12. The fourth-order valence-corrected chi connectivity index (χ4v) is 2.92. The molecule has 1 aromatic heterocycles. The largest absolute Gasteiger partial charge is 0.364 e. The molecule has 0 spiro atoms. The molecule has 2 aromatic rings. The lowest BCUT2D eigenvalue weighted by Crippen LogP contribution is -2.52. The molecule has 0 atom stereocenters. The van der Waals surface area contributed by atoms with Crippen LogP contribution >= 0.6 is 35.6 Å². The van der Waals surface area contributed by atoms with E-state index in [9.17, 15) is 0 Å². The van der Waals surface area contributed by atoms with Gasteiger partial charge in [0.2, 0.25) is 0 Å². The number of benzene rings is 1. The second kappa shape index (κ2) is 9.98. The number of guanidine groups is 1. The van der Waals surface area contributed by atoms with Gasteiger partial charge in [-0.2, -0.15) is 0 Å². The summed E-state index contributed by atoms with van der Waals surface area (Å²) < 4.78 is 4.85. The molecule has 1 aliphatic heterocycles. The van der Waals surface area contributed by atoms with Gasteiger partial charge in [-0.1, -0.05) is 28.9 Å². The van der Waals surface area contributed by atoms with E-state index in [-0.39, 0.29) is 24.0 Å². The first-order valence-corrected chi connectivity index (χ1v) is 8.44. The normalized spacial score (nSPS) is 15.8. The Balaban J connectivity index is 0.00000225. The highest BCUT2D eigenvalue weighted by Gasteiger charge is 2.19. The van der Waals surface area contributed by atoms with Crippen LogP contribution in [0.15, 0.2) is 46.1 Å². The zero-order valence-electron chi connectivity index (χ0n) is 14.2. The molecular weight excluding hydrogens is 453 g/mol. The number of aromatic nitrogens is 1. The Morgan fingerprint density at radius 2 is 1.92 bits per heavy atom. The first-order valence-electron chi connectivity index (χ1n) is 8.06. The number of nitrogens with one attached hydrogen (secondary N) is 1. The number of rotatable bonds is 4. The highest BCUT2D eigenvalue weighted by Crippen LogP contribution is 2.13. The zero-order chi connectivity index (χ0) is 16.8. The predicted octanol–water partition coefficient (Wildman–Crippen LogP) is 2.84. The topological polar surface area (TPSA) is 56.9 Å². The minimum absolute atomic E-state index is 0. The maximum Gasteiger partial charge on any atom is 0.194 e. The highest BCUT2D eigenvalue weighted by molar-refractivity contribution is 14.0. The molecule has 25 heavy (non-hydrogen) atoms. The van der Waals surface area contributed by atoms with Crippen LogP contribution in [-0.4, -0.2) is 54.1 Å². The highest BCUT2D eigenvalue weighted by atomic mass is 127. The molecule has 1 N–H and O–H groups in total. The molecule has 0 radical (unpaired) electrons. The Morgan fingerprint density at radius 3 is 2.52 bits per heavy atom. The molecule has 2 heterocycles. The van der Waals surface area contributed by atoms with E-state index in [1.165, 1.54) is 5.56 Å². The van der Waals surface area contributed by atoms with Gasteiger partial charge < -0.3 is 14.7 Å². The van der Waals surface area contributed by atoms with Crippen molar-refractivity contribution in [2.24, 2.45) is 4.99 Å². The average molecular weight is 476 g/mol. The van der Waals surface area contributed by atoms with Gasteiger partial charge in [-0.05, 0) is 17.7 Å². The van der Waals surface area contributed by atoms with Gasteiger partial charge in [-0.15, -0.1) is 24.0 Å². The monoisotopic (exact) mass is 475 g/mol. The van der Waals surface area contributed by atoms with E-state index in [1.54, 1.807) is 6.26 Å². The van der Waals surface area contributed by atoms with E-state index >= 15 is 0 Å². The van der Waals surface area contributed by atoms with Gasteiger partial charge in [0.05, 0.1) is 6.54 Å². The lowest BCUT2D eigenvalue weighted by molar-refractivity contribution is 0.172. The van der Waals surface area contributed by atoms with Crippen LogP contribution in [-0.2, 0) is 13.1 Å². The van der Waals surface area contributed by atoms with Crippen molar-refractivity contribution in [3.8, 4) is 0 Å². The van der Waals surface area contributed by atoms with Crippen LogP contribution in [0.3, 0.4) is 0 Å². The maximum absolute atomic E-state index is 5.94. The summed E-state index contributed by atoms with van der Waals surface area (Å²) in [6.45, 7) is 5.49. The second-order valence-electron chi connectivity index (χ2n) is 5.78. The molecule has 1 aromatic carbocycles. The molecule has 0 saturated carbocycles. The molecule has 0 unspecified atom stereocenters. The van der Waals surface area contributed by atoms with Crippen LogP contribution in [0.25, 0.3) is 0 Å². The summed E-state index contributed by atoms with van der Waals surface area (Å²) in [6, 6.07) is 9.93.